The quantitative estimate of drug-likeness (QED) is 0.852. The minimum Gasteiger partial charge on any atom is -0.389 e. The van der Waals surface area contributed by atoms with E-state index in [1.54, 1.807) is 0 Å². The van der Waals surface area contributed by atoms with E-state index in [2.05, 4.69) is 47.5 Å². The highest BCUT2D eigenvalue weighted by molar-refractivity contribution is 5.19. The lowest BCUT2D eigenvalue weighted by Crippen LogP contribution is -2.36. The maximum absolute atomic E-state index is 10.0. The Morgan fingerprint density at radius 3 is 2.58 bits per heavy atom. The molecular weight excluding hydrogens is 236 g/mol. The van der Waals surface area contributed by atoms with Gasteiger partial charge in [-0.3, -0.25) is 0 Å². The second kappa shape index (κ2) is 6.04. The molecule has 0 aromatic heterocycles. The van der Waals surface area contributed by atoms with Crippen molar-refractivity contribution in [3.8, 4) is 0 Å². The monoisotopic (exact) mass is 262 g/mol. The molecule has 2 N–H and O–H groups in total. The van der Waals surface area contributed by atoms with E-state index in [1.165, 1.54) is 5.56 Å². The van der Waals surface area contributed by atoms with Gasteiger partial charge in [0.1, 0.15) is 0 Å². The highest BCUT2D eigenvalue weighted by atomic mass is 16.3. The number of likely N-dealkylation sites (tertiary alicyclic amines) is 1. The van der Waals surface area contributed by atoms with E-state index < -0.39 is 5.60 Å². The van der Waals surface area contributed by atoms with Crippen LogP contribution in [0.3, 0.4) is 0 Å². The summed E-state index contributed by atoms with van der Waals surface area (Å²) in [7, 11) is 2.02. The molecular formula is C16H26N2O. The third-order valence-corrected chi connectivity index (χ3v) is 4.12. The van der Waals surface area contributed by atoms with E-state index >= 15 is 0 Å². The molecule has 1 fully saturated rings. The number of nitrogens with one attached hydrogen (secondary N) is 1. The van der Waals surface area contributed by atoms with Crippen molar-refractivity contribution < 1.29 is 5.11 Å². The van der Waals surface area contributed by atoms with Crippen LogP contribution < -0.4 is 5.32 Å². The summed E-state index contributed by atoms with van der Waals surface area (Å²) < 4.78 is 0. The summed E-state index contributed by atoms with van der Waals surface area (Å²) in [5.74, 6) is 0.515. The minimum atomic E-state index is -0.498. The molecule has 1 aliphatic rings. The fourth-order valence-corrected chi connectivity index (χ4v) is 3.15. The third-order valence-electron chi connectivity index (χ3n) is 4.12. The lowest BCUT2D eigenvalue weighted by molar-refractivity contribution is 0.0661. The zero-order valence-corrected chi connectivity index (χ0v) is 12.3. The van der Waals surface area contributed by atoms with Crippen LogP contribution in [0, 0.1) is 5.92 Å². The lowest BCUT2D eigenvalue weighted by Gasteiger charge is -2.28. The predicted octanol–water partition coefficient (Wildman–Crippen LogP) is 2.04. The smallest absolute Gasteiger partial charge is 0.0758 e. The molecule has 0 saturated carbocycles. The SMILES string of the molecule is CNC(c1ccccc1)C(C)CN1CCC(C)(O)C1. The molecule has 1 saturated heterocycles. The Morgan fingerprint density at radius 1 is 1.37 bits per heavy atom. The summed E-state index contributed by atoms with van der Waals surface area (Å²) in [6, 6.07) is 11.0. The van der Waals surface area contributed by atoms with Crippen LogP contribution in [0.5, 0.6) is 0 Å². The molecule has 1 heterocycles. The number of aliphatic hydroxyl groups is 1. The summed E-state index contributed by atoms with van der Waals surface area (Å²) in [4.78, 5) is 2.37. The van der Waals surface area contributed by atoms with Crippen molar-refractivity contribution in [1.29, 1.82) is 0 Å². The predicted molar refractivity (Wildman–Crippen MR) is 79.1 cm³/mol. The summed E-state index contributed by atoms with van der Waals surface area (Å²) in [6.45, 7) is 7.04. The van der Waals surface area contributed by atoms with Crippen molar-refractivity contribution in [3.63, 3.8) is 0 Å². The van der Waals surface area contributed by atoms with Crippen molar-refractivity contribution in [2.45, 2.75) is 31.9 Å². The van der Waals surface area contributed by atoms with Crippen LogP contribution in [0.2, 0.25) is 0 Å². The van der Waals surface area contributed by atoms with Gasteiger partial charge in [0, 0.05) is 25.7 Å². The van der Waals surface area contributed by atoms with Crippen LogP contribution in [0.25, 0.3) is 0 Å². The summed E-state index contributed by atoms with van der Waals surface area (Å²) in [6.07, 6.45) is 0.884. The first-order valence-electron chi connectivity index (χ1n) is 7.19. The Kier molecular flexibility index (Phi) is 4.61. The number of β-amino-alcohol motifs (C(OH)–C–C–N with tert-alkyl or cyclic N) is 1. The average molecular weight is 262 g/mol. The number of hydrogen-bond donors (Lipinski definition) is 2. The second-order valence-corrected chi connectivity index (χ2v) is 6.14. The molecule has 3 heteroatoms. The Balaban J connectivity index is 1.96. The van der Waals surface area contributed by atoms with Crippen molar-refractivity contribution in [3.05, 3.63) is 35.9 Å². The Labute approximate surface area is 116 Å². The van der Waals surface area contributed by atoms with Crippen molar-refractivity contribution in [2.75, 3.05) is 26.7 Å². The maximum Gasteiger partial charge on any atom is 0.0758 e. The van der Waals surface area contributed by atoms with E-state index in [9.17, 15) is 5.11 Å². The van der Waals surface area contributed by atoms with Crippen LogP contribution in [0.4, 0.5) is 0 Å². The summed E-state index contributed by atoms with van der Waals surface area (Å²) in [5, 5.41) is 13.5. The van der Waals surface area contributed by atoms with E-state index in [4.69, 9.17) is 0 Å². The van der Waals surface area contributed by atoms with Gasteiger partial charge in [-0.2, -0.15) is 0 Å². The first-order valence-corrected chi connectivity index (χ1v) is 7.19. The molecule has 0 radical (unpaired) electrons. The molecule has 3 nitrogen and oxygen atoms in total. The fourth-order valence-electron chi connectivity index (χ4n) is 3.15. The van der Waals surface area contributed by atoms with Crippen molar-refractivity contribution >= 4 is 0 Å². The summed E-state index contributed by atoms with van der Waals surface area (Å²) >= 11 is 0. The van der Waals surface area contributed by atoms with Gasteiger partial charge < -0.3 is 15.3 Å². The number of benzene rings is 1. The summed E-state index contributed by atoms with van der Waals surface area (Å²) in [5.41, 5.74) is 0.838. The molecule has 0 spiro atoms. The normalized spacial score (nSPS) is 27.4. The zero-order chi connectivity index (χ0) is 13.9. The molecule has 2 rings (SSSR count). The molecule has 0 amide bonds. The van der Waals surface area contributed by atoms with Gasteiger partial charge in [-0.15, -0.1) is 0 Å². The van der Waals surface area contributed by atoms with Crippen LogP contribution in [-0.2, 0) is 0 Å². The number of rotatable bonds is 5. The lowest BCUT2D eigenvalue weighted by atomic mass is 9.94. The van der Waals surface area contributed by atoms with Gasteiger partial charge in [-0.1, -0.05) is 37.3 Å². The second-order valence-electron chi connectivity index (χ2n) is 6.14. The first kappa shape index (κ1) is 14.5. The molecule has 0 bridgehead atoms. The van der Waals surface area contributed by atoms with Gasteiger partial charge in [0.15, 0.2) is 0 Å². The molecule has 1 aromatic rings. The van der Waals surface area contributed by atoms with E-state index in [0.717, 1.165) is 26.1 Å². The van der Waals surface area contributed by atoms with Gasteiger partial charge >= 0.3 is 0 Å². The van der Waals surface area contributed by atoms with Gasteiger partial charge in [0.2, 0.25) is 0 Å². The molecule has 19 heavy (non-hydrogen) atoms. The first-order chi connectivity index (χ1) is 9.02. The zero-order valence-electron chi connectivity index (χ0n) is 12.3. The minimum absolute atomic E-state index is 0.367. The number of nitrogens with zero attached hydrogens (tertiary/aromatic N) is 1. The Bertz CT molecular complexity index is 391. The van der Waals surface area contributed by atoms with Gasteiger partial charge in [0.05, 0.1) is 5.60 Å². The van der Waals surface area contributed by atoms with E-state index in [1.807, 2.05) is 14.0 Å². The third kappa shape index (κ3) is 3.78. The topological polar surface area (TPSA) is 35.5 Å². The van der Waals surface area contributed by atoms with Crippen molar-refractivity contribution in [1.82, 2.24) is 10.2 Å². The molecule has 3 atom stereocenters. The average Bonchev–Trinajstić information content (AvgIpc) is 2.71. The molecule has 3 unspecified atom stereocenters. The molecule has 0 aliphatic carbocycles. The van der Waals surface area contributed by atoms with Crippen LogP contribution in [-0.4, -0.2) is 42.3 Å². The highest BCUT2D eigenvalue weighted by Gasteiger charge is 2.32. The number of hydrogen-bond acceptors (Lipinski definition) is 3. The maximum atomic E-state index is 10.0. The van der Waals surface area contributed by atoms with E-state index in [0.29, 0.717) is 12.0 Å². The fraction of sp³-hybridized carbons (Fsp3) is 0.625. The standard InChI is InChI=1S/C16H26N2O/c1-13(11-18-10-9-16(2,19)12-18)15(17-3)14-7-5-4-6-8-14/h4-8,13,15,17,19H,9-12H2,1-3H3. The Hall–Kier alpha value is -0.900. The molecule has 106 valence electrons. The van der Waals surface area contributed by atoms with E-state index in [-0.39, 0.29) is 0 Å². The highest BCUT2D eigenvalue weighted by Crippen LogP contribution is 2.26. The van der Waals surface area contributed by atoms with Crippen LogP contribution in [0.15, 0.2) is 30.3 Å². The molecule has 1 aliphatic heterocycles. The van der Waals surface area contributed by atoms with Crippen molar-refractivity contribution in [2.24, 2.45) is 5.92 Å². The van der Waals surface area contributed by atoms with Gasteiger partial charge in [-0.05, 0) is 31.9 Å². The van der Waals surface area contributed by atoms with Crippen LogP contribution in [0.1, 0.15) is 31.9 Å². The van der Waals surface area contributed by atoms with Crippen LogP contribution >= 0.6 is 0 Å². The molecule has 1 aromatic carbocycles. The Morgan fingerprint density at radius 2 is 2.05 bits per heavy atom. The largest absolute Gasteiger partial charge is 0.389 e. The van der Waals surface area contributed by atoms with Gasteiger partial charge in [-0.25, -0.2) is 0 Å². The van der Waals surface area contributed by atoms with Gasteiger partial charge in [0.25, 0.3) is 0 Å².